The summed E-state index contributed by atoms with van der Waals surface area (Å²) >= 11 is 4.53. The summed E-state index contributed by atoms with van der Waals surface area (Å²) in [6.07, 6.45) is -0.729. The van der Waals surface area contributed by atoms with Gasteiger partial charge in [0.05, 0.1) is 5.69 Å². The maximum atomic E-state index is 12.6. The van der Waals surface area contributed by atoms with Gasteiger partial charge in [-0.25, -0.2) is 8.42 Å². The van der Waals surface area contributed by atoms with E-state index in [0.717, 1.165) is 4.47 Å². The minimum Gasteiger partial charge on any atom is -0.481 e. The Morgan fingerprint density at radius 2 is 1.86 bits per heavy atom. The molecule has 0 spiro atoms. The summed E-state index contributed by atoms with van der Waals surface area (Å²) in [6.45, 7) is 1.65. The van der Waals surface area contributed by atoms with Crippen LogP contribution in [-0.2, 0) is 14.8 Å². The molecule has 0 fully saturated rings. The fraction of sp³-hybridized carbons (Fsp3) is 0.150. The number of hydrogen-bond donors (Lipinski definition) is 1. The number of ether oxygens (including phenoxy) is 1. The molecule has 152 valence electrons. The summed E-state index contributed by atoms with van der Waals surface area (Å²) in [7, 11) is -2.09. The number of carbonyl (C=O) groups excluding carboxylic acids is 1. The summed E-state index contributed by atoms with van der Waals surface area (Å²) in [5, 5.41) is 4.51. The first-order chi connectivity index (χ1) is 13.8. The van der Waals surface area contributed by atoms with E-state index in [4.69, 9.17) is 4.74 Å². The zero-order valence-electron chi connectivity index (χ0n) is 15.7. The Balaban J connectivity index is 1.65. The highest BCUT2D eigenvalue weighted by molar-refractivity contribution is 9.10. The molecule has 0 aliphatic heterocycles. The van der Waals surface area contributed by atoms with Gasteiger partial charge in [0.25, 0.3) is 15.9 Å². The Kier molecular flexibility index (Phi) is 6.61. The van der Waals surface area contributed by atoms with Gasteiger partial charge >= 0.3 is 0 Å². The van der Waals surface area contributed by atoms with Crippen LogP contribution in [0.25, 0.3) is 0 Å². The summed E-state index contributed by atoms with van der Waals surface area (Å²) in [4.78, 5) is 12.3. The van der Waals surface area contributed by atoms with E-state index in [0.29, 0.717) is 17.1 Å². The molecule has 0 saturated carbocycles. The molecule has 3 aromatic rings. The topological polar surface area (TPSA) is 75.7 Å². The Morgan fingerprint density at radius 1 is 1.14 bits per heavy atom. The minimum atomic E-state index is -3.59. The van der Waals surface area contributed by atoms with Gasteiger partial charge in [-0.15, -0.1) is 11.3 Å². The quantitative estimate of drug-likeness (QED) is 0.514. The van der Waals surface area contributed by atoms with Crippen molar-refractivity contribution in [1.82, 2.24) is 0 Å². The van der Waals surface area contributed by atoms with Crippen LogP contribution in [0, 0.1) is 0 Å². The molecule has 0 unspecified atom stereocenters. The van der Waals surface area contributed by atoms with Crippen molar-refractivity contribution in [2.24, 2.45) is 0 Å². The van der Waals surface area contributed by atoms with Crippen molar-refractivity contribution in [3.05, 3.63) is 70.5 Å². The molecule has 1 amide bonds. The van der Waals surface area contributed by atoms with E-state index in [9.17, 15) is 13.2 Å². The van der Waals surface area contributed by atoms with Crippen LogP contribution in [0.5, 0.6) is 5.75 Å². The van der Waals surface area contributed by atoms with Crippen LogP contribution in [-0.4, -0.2) is 27.5 Å². The third-order valence-electron chi connectivity index (χ3n) is 4.08. The smallest absolute Gasteiger partial charge is 0.273 e. The van der Waals surface area contributed by atoms with Crippen LogP contribution in [0.15, 0.2) is 74.7 Å². The van der Waals surface area contributed by atoms with Crippen molar-refractivity contribution in [1.29, 1.82) is 0 Å². The predicted molar refractivity (Wildman–Crippen MR) is 119 cm³/mol. The third kappa shape index (κ3) is 5.17. The number of nitrogens with zero attached hydrogens (tertiary/aromatic N) is 1. The molecule has 0 aliphatic carbocycles. The average Bonchev–Trinajstić information content (AvgIpc) is 3.23. The largest absolute Gasteiger partial charge is 0.481 e. The van der Waals surface area contributed by atoms with E-state index in [-0.39, 0.29) is 10.1 Å². The lowest BCUT2D eigenvalue weighted by Gasteiger charge is -2.19. The first-order valence-electron chi connectivity index (χ1n) is 8.63. The molecule has 29 heavy (non-hydrogen) atoms. The van der Waals surface area contributed by atoms with Crippen molar-refractivity contribution >= 4 is 54.6 Å². The van der Waals surface area contributed by atoms with Gasteiger partial charge in [0.2, 0.25) is 0 Å². The SMILES string of the molecule is C[C@@H](Oc1ccc(N(C)S(=O)(=O)c2cccs2)cc1)C(=O)Nc1cccc(Br)c1. The Labute approximate surface area is 182 Å². The van der Waals surface area contributed by atoms with Gasteiger partial charge in [0.15, 0.2) is 6.10 Å². The average molecular weight is 495 g/mol. The highest BCUT2D eigenvalue weighted by Crippen LogP contribution is 2.27. The second-order valence-corrected chi connectivity index (χ2v) is 10.2. The molecule has 6 nitrogen and oxygen atoms in total. The van der Waals surface area contributed by atoms with E-state index in [1.165, 1.54) is 22.7 Å². The van der Waals surface area contributed by atoms with Crippen LogP contribution in [0.4, 0.5) is 11.4 Å². The summed E-state index contributed by atoms with van der Waals surface area (Å²) in [5.41, 5.74) is 1.16. The van der Waals surface area contributed by atoms with E-state index >= 15 is 0 Å². The Hall–Kier alpha value is -2.36. The number of anilines is 2. The fourth-order valence-electron chi connectivity index (χ4n) is 2.49. The second-order valence-electron chi connectivity index (χ2n) is 6.16. The van der Waals surface area contributed by atoms with Gasteiger partial charge in [-0.2, -0.15) is 0 Å². The summed E-state index contributed by atoms with van der Waals surface area (Å²) in [5.74, 6) is 0.178. The van der Waals surface area contributed by atoms with Crippen molar-refractivity contribution in [2.75, 3.05) is 16.7 Å². The Bertz CT molecular complexity index is 1080. The number of benzene rings is 2. The predicted octanol–water partition coefficient (Wildman–Crippen LogP) is 4.74. The number of rotatable bonds is 7. The van der Waals surface area contributed by atoms with Gasteiger partial charge in [0, 0.05) is 17.2 Å². The van der Waals surface area contributed by atoms with Gasteiger partial charge in [-0.05, 0) is 60.8 Å². The van der Waals surface area contributed by atoms with Crippen LogP contribution >= 0.6 is 27.3 Å². The molecule has 0 aliphatic rings. The van der Waals surface area contributed by atoms with Crippen LogP contribution < -0.4 is 14.4 Å². The summed E-state index contributed by atoms with van der Waals surface area (Å²) < 4.78 is 33.2. The maximum Gasteiger partial charge on any atom is 0.273 e. The monoisotopic (exact) mass is 494 g/mol. The Morgan fingerprint density at radius 3 is 2.48 bits per heavy atom. The highest BCUT2D eigenvalue weighted by atomic mass is 79.9. The van der Waals surface area contributed by atoms with E-state index in [1.807, 2.05) is 12.1 Å². The normalized spacial score (nSPS) is 12.2. The lowest BCUT2D eigenvalue weighted by molar-refractivity contribution is -0.122. The van der Waals surface area contributed by atoms with E-state index in [1.54, 1.807) is 60.8 Å². The molecule has 0 bridgehead atoms. The minimum absolute atomic E-state index is 0.276. The van der Waals surface area contributed by atoms with Crippen molar-refractivity contribution in [3.8, 4) is 5.75 Å². The lowest BCUT2D eigenvalue weighted by atomic mass is 10.3. The fourth-order valence-corrected chi connectivity index (χ4v) is 5.24. The van der Waals surface area contributed by atoms with Crippen molar-refractivity contribution in [3.63, 3.8) is 0 Å². The second kappa shape index (κ2) is 8.98. The highest BCUT2D eigenvalue weighted by Gasteiger charge is 2.22. The number of sulfonamides is 1. The van der Waals surface area contributed by atoms with Crippen LogP contribution in [0.3, 0.4) is 0 Å². The van der Waals surface area contributed by atoms with Gasteiger partial charge in [-0.1, -0.05) is 28.1 Å². The third-order valence-corrected chi connectivity index (χ3v) is 7.74. The number of hydrogen-bond acceptors (Lipinski definition) is 5. The molecule has 1 heterocycles. The van der Waals surface area contributed by atoms with Crippen molar-refractivity contribution in [2.45, 2.75) is 17.2 Å². The van der Waals surface area contributed by atoms with Gasteiger partial charge < -0.3 is 10.1 Å². The van der Waals surface area contributed by atoms with Gasteiger partial charge in [0.1, 0.15) is 9.96 Å². The molecule has 3 rings (SSSR count). The van der Waals surface area contributed by atoms with Gasteiger partial charge in [-0.3, -0.25) is 9.10 Å². The zero-order chi connectivity index (χ0) is 21.0. The van der Waals surface area contributed by atoms with Crippen LogP contribution in [0.1, 0.15) is 6.92 Å². The number of halogens is 1. The molecule has 0 saturated heterocycles. The molecule has 0 radical (unpaired) electrons. The standard InChI is InChI=1S/C20H19BrN2O4S2/c1-14(20(24)22-16-6-3-5-15(21)13-16)27-18-10-8-17(9-11-18)23(2)29(25,26)19-7-4-12-28-19/h3-14H,1-2H3,(H,22,24)/t14-/m1/s1. The molecule has 1 N–H and O–H groups in total. The number of carbonyl (C=O) groups is 1. The number of nitrogens with one attached hydrogen (secondary N) is 1. The summed E-state index contributed by atoms with van der Waals surface area (Å²) in [6, 6.07) is 17.1. The van der Waals surface area contributed by atoms with E-state index in [2.05, 4.69) is 21.2 Å². The van der Waals surface area contributed by atoms with Crippen molar-refractivity contribution < 1.29 is 17.9 Å². The number of amides is 1. The number of thiophene rings is 1. The van der Waals surface area contributed by atoms with E-state index < -0.39 is 16.1 Å². The molecular weight excluding hydrogens is 476 g/mol. The zero-order valence-corrected chi connectivity index (χ0v) is 18.9. The maximum absolute atomic E-state index is 12.6. The molecular formula is C20H19BrN2O4S2. The first-order valence-corrected chi connectivity index (χ1v) is 11.7. The van der Waals surface area contributed by atoms with Crippen LogP contribution in [0.2, 0.25) is 0 Å². The first kappa shape index (κ1) is 21.4. The lowest BCUT2D eigenvalue weighted by Crippen LogP contribution is -2.30. The molecule has 2 aromatic carbocycles. The molecule has 1 atom stereocenters. The molecule has 9 heteroatoms. The molecule has 1 aromatic heterocycles.